The van der Waals surface area contributed by atoms with Gasteiger partial charge in [-0.25, -0.2) is 8.42 Å². The van der Waals surface area contributed by atoms with E-state index in [1.807, 2.05) is 37.3 Å². The zero-order chi connectivity index (χ0) is 28.6. The van der Waals surface area contributed by atoms with Crippen molar-refractivity contribution in [3.63, 3.8) is 0 Å². The molecular formula is C28H31Cl2N3O5S. The minimum Gasteiger partial charge on any atom is -0.494 e. The standard InChI is InChI=1S/C28H31Cl2N3O5S/c1-4-38-24-14-12-23(13-15-24)33(39(3,36)37)19-27(34)32(18-21-10-11-22(29)17-25(21)30)26(28(35)31-2)16-20-8-6-5-7-9-20/h5-15,17,26H,4,16,18-19H2,1-3H3,(H,31,35)/t26-/m0/s1. The number of ether oxygens (including phenoxy) is 1. The minimum absolute atomic E-state index is 0.0410. The van der Waals surface area contributed by atoms with Gasteiger partial charge in [-0.1, -0.05) is 59.6 Å². The summed E-state index contributed by atoms with van der Waals surface area (Å²) in [5.74, 6) is -0.406. The number of likely N-dealkylation sites (N-methyl/N-ethyl adjacent to an activating group) is 1. The highest BCUT2D eigenvalue weighted by Gasteiger charge is 2.33. The third-order valence-electron chi connectivity index (χ3n) is 5.99. The molecule has 2 amide bonds. The lowest BCUT2D eigenvalue weighted by Gasteiger charge is -2.33. The first kappa shape index (κ1) is 30.3. The van der Waals surface area contributed by atoms with Gasteiger partial charge >= 0.3 is 0 Å². The summed E-state index contributed by atoms with van der Waals surface area (Å²) in [7, 11) is -2.38. The van der Waals surface area contributed by atoms with Gasteiger partial charge < -0.3 is 15.0 Å². The number of rotatable bonds is 12. The maximum atomic E-state index is 13.9. The zero-order valence-corrected chi connectivity index (χ0v) is 24.3. The molecule has 0 unspecified atom stereocenters. The second-order valence-electron chi connectivity index (χ2n) is 8.77. The van der Waals surface area contributed by atoms with Gasteiger partial charge in [0.1, 0.15) is 18.3 Å². The molecule has 0 spiro atoms. The Kier molecular flexibility index (Phi) is 10.6. The average Bonchev–Trinajstić information content (AvgIpc) is 2.90. The molecule has 39 heavy (non-hydrogen) atoms. The molecule has 3 aromatic carbocycles. The summed E-state index contributed by atoms with van der Waals surface area (Å²) in [4.78, 5) is 28.4. The van der Waals surface area contributed by atoms with Crippen LogP contribution >= 0.6 is 23.2 Å². The number of sulfonamides is 1. The number of carbonyl (C=O) groups is 2. The Hall–Kier alpha value is -3.27. The molecule has 1 atom stereocenters. The molecule has 3 rings (SSSR count). The third-order valence-corrected chi connectivity index (χ3v) is 7.72. The van der Waals surface area contributed by atoms with Crippen molar-refractivity contribution in [3.8, 4) is 5.75 Å². The number of anilines is 1. The smallest absolute Gasteiger partial charge is 0.244 e. The lowest BCUT2D eigenvalue weighted by molar-refractivity contribution is -0.139. The lowest BCUT2D eigenvalue weighted by Crippen LogP contribution is -2.52. The van der Waals surface area contributed by atoms with Gasteiger partial charge in [-0.2, -0.15) is 0 Å². The molecule has 0 bridgehead atoms. The summed E-state index contributed by atoms with van der Waals surface area (Å²) < 4.78 is 32.1. The van der Waals surface area contributed by atoms with Crippen LogP contribution in [0.2, 0.25) is 10.0 Å². The normalized spacial score (nSPS) is 11.9. The summed E-state index contributed by atoms with van der Waals surface area (Å²) in [6.45, 7) is 1.73. The summed E-state index contributed by atoms with van der Waals surface area (Å²) in [5, 5.41) is 3.38. The van der Waals surface area contributed by atoms with Crippen LogP contribution in [0.3, 0.4) is 0 Å². The van der Waals surface area contributed by atoms with Crippen molar-refractivity contribution >= 4 is 50.7 Å². The van der Waals surface area contributed by atoms with Crippen molar-refractivity contribution in [1.29, 1.82) is 0 Å². The molecule has 0 heterocycles. The molecule has 208 valence electrons. The van der Waals surface area contributed by atoms with Gasteiger partial charge in [0.05, 0.1) is 18.6 Å². The first-order chi connectivity index (χ1) is 18.5. The molecule has 0 aliphatic rings. The summed E-state index contributed by atoms with van der Waals surface area (Å²) in [6.07, 6.45) is 1.23. The van der Waals surface area contributed by atoms with E-state index in [-0.39, 0.29) is 13.0 Å². The van der Waals surface area contributed by atoms with Crippen molar-refractivity contribution < 1.29 is 22.7 Å². The van der Waals surface area contributed by atoms with E-state index in [2.05, 4.69) is 5.32 Å². The molecule has 0 radical (unpaired) electrons. The fourth-order valence-corrected chi connectivity index (χ4v) is 5.36. The van der Waals surface area contributed by atoms with Gasteiger partial charge in [0.25, 0.3) is 0 Å². The Bertz CT molecular complexity index is 1390. The zero-order valence-electron chi connectivity index (χ0n) is 21.9. The van der Waals surface area contributed by atoms with Gasteiger partial charge in [0.2, 0.25) is 21.8 Å². The van der Waals surface area contributed by atoms with E-state index in [1.165, 1.54) is 11.9 Å². The predicted molar refractivity (Wildman–Crippen MR) is 155 cm³/mol. The Morgan fingerprint density at radius 3 is 2.23 bits per heavy atom. The van der Waals surface area contributed by atoms with Gasteiger partial charge in [-0.3, -0.25) is 13.9 Å². The maximum absolute atomic E-state index is 13.9. The van der Waals surface area contributed by atoms with Crippen LogP contribution < -0.4 is 14.4 Å². The van der Waals surface area contributed by atoms with E-state index in [0.717, 1.165) is 16.1 Å². The highest BCUT2D eigenvalue weighted by atomic mass is 35.5. The summed E-state index contributed by atoms with van der Waals surface area (Å²) >= 11 is 12.5. The number of hydrogen-bond donors (Lipinski definition) is 1. The molecule has 3 aromatic rings. The number of carbonyl (C=O) groups excluding carboxylic acids is 2. The van der Waals surface area contributed by atoms with E-state index < -0.39 is 34.4 Å². The second-order valence-corrected chi connectivity index (χ2v) is 11.5. The van der Waals surface area contributed by atoms with E-state index in [9.17, 15) is 18.0 Å². The second kappa shape index (κ2) is 13.7. The highest BCUT2D eigenvalue weighted by Crippen LogP contribution is 2.26. The highest BCUT2D eigenvalue weighted by molar-refractivity contribution is 7.92. The molecule has 0 saturated carbocycles. The van der Waals surface area contributed by atoms with Gasteiger partial charge in [0, 0.05) is 30.1 Å². The van der Waals surface area contributed by atoms with E-state index in [1.54, 1.807) is 42.5 Å². The Balaban J connectivity index is 2.02. The fraction of sp³-hybridized carbons (Fsp3) is 0.286. The molecule has 0 saturated heterocycles. The van der Waals surface area contributed by atoms with Gasteiger partial charge in [-0.15, -0.1) is 0 Å². The number of amides is 2. The van der Waals surface area contributed by atoms with Crippen LogP contribution in [-0.4, -0.2) is 57.6 Å². The number of benzene rings is 3. The van der Waals surface area contributed by atoms with Crippen LogP contribution in [-0.2, 0) is 32.6 Å². The molecule has 0 aliphatic heterocycles. The summed E-state index contributed by atoms with van der Waals surface area (Å²) in [5.41, 5.74) is 1.68. The van der Waals surface area contributed by atoms with Crippen molar-refractivity contribution in [3.05, 3.63) is 94.0 Å². The first-order valence-electron chi connectivity index (χ1n) is 12.2. The Labute approximate surface area is 239 Å². The van der Waals surface area contributed by atoms with Gasteiger partial charge in [-0.05, 0) is 54.4 Å². The van der Waals surface area contributed by atoms with E-state index in [4.69, 9.17) is 27.9 Å². The third kappa shape index (κ3) is 8.36. The maximum Gasteiger partial charge on any atom is 0.244 e. The van der Waals surface area contributed by atoms with Crippen LogP contribution in [0.1, 0.15) is 18.1 Å². The largest absolute Gasteiger partial charge is 0.494 e. The van der Waals surface area contributed by atoms with Crippen molar-refractivity contribution in [2.75, 3.05) is 30.8 Å². The molecule has 0 fully saturated rings. The predicted octanol–water partition coefficient (Wildman–Crippen LogP) is 4.54. The number of halogens is 2. The molecule has 0 aromatic heterocycles. The van der Waals surface area contributed by atoms with Crippen molar-refractivity contribution in [2.24, 2.45) is 0 Å². The van der Waals surface area contributed by atoms with Crippen molar-refractivity contribution in [1.82, 2.24) is 10.2 Å². The van der Waals surface area contributed by atoms with E-state index >= 15 is 0 Å². The topological polar surface area (TPSA) is 96.0 Å². The van der Waals surface area contributed by atoms with E-state index in [0.29, 0.717) is 33.7 Å². The number of nitrogens with zero attached hydrogens (tertiary/aromatic N) is 2. The minimum atomic E-state index is -3.87. The lowest BCUT2D eigenvalue weighted by atomic mass is 10.0. The molecule has 8 nitrogen and oxygen atoms in total. The van der Waals surface area contributed by atoms with Gasteiger partial charge in [0.15, 0.2) is 0 Å². The molecular weight excluding hydrogens is 561 g/mol. The monoisotopic (exact) mass is 591 g/mol. The van der Waals surface area contributed by atoms with Crippen LogP contribution in [0.25, 0.3) is 0 Å². The number of hydrogen-bond acceptors (Lipinski definition) is 5. The molecule has 11 heteroatoms. The average molecular weight is 593 g/mol. The fourth-order valence-electron chi connectivity index (χ4n) is 4.04. The number of nitrogens with one attached hydrogen (secondary N) is 1. The van der Waals surface area contributed by atoms with Crippen LogP contribution in [0.5, 0.6) is 5.75 Å². The Morgan fingerprint density at radius 1 is 1.00 bits per heavy atom. The van der Waals surface area contributed by atoms with Crippen LogP contribution in [0.4, 0.5) is 5.69 Å². The summed E-state index contributed by atoms with van der Waals surface area (Å²) in [6, 6.07) is 19.6. The molecule has 1 N–H and O–H groups in total. The SMILES string of the molecule is CCOc1ccc(N(CC(=O)N(Cc2ccc(Cl)cc2Cl)[C@@H](Cc2ccccc2)C(=O)NC)S(C)(=O)=O)cc1. The van der Waals surface area contributed by atoms with Crippen molar-refractivity contribution in [2.45, 2.75) is 25.9 Å². The first-order valence-corrected chi connectivity index (χ1v) is 14.8. The molecule has 0 aliphatic carbocycles. The quantitative estimate of drug-likeness (QED) is 0.333. The van der Waals surface area contributed by atoms with Crippen LogP contribution in [0, 0.1) is 0 Å². The Morgan fingerprint density at radius 2 is 1.67 bits per heavy atom. The van der Waals surface area contributed by atoms with Crippen LogP contribution in [0.15, 0.2) is 72.8 Å².